The predicted octanol–water partition coefficient (Wildman–Crippen LogP) is 4.37. The third-order valence-corrected chi connectivity index (χ3v) is 4.15. The second-order valence-corrected chi connectivity index (χ2v) is 5.89. The van der Waals surface area contributed by atoms with Gasteiger partial charge in [-0.1, -0.05) is 41.9 Å². The molecule has 1 fully saturated rings. The highest BCUT2D eigenvalue weighted by atomic mass is 35.5. The lowest BCUT2D eigenvalue weighted by atomic mass is 10.2. The third-order valence-electron chi connectivity index (χ3n) is 2.92. The monoisotopic (exact) mass is 332 g/mol. The summed E-state index contributed by atoms with van der Waals surface area (Å²) in [6, 6.07) is 13.4. The molecule has 110 valence electrons. The van der Waals surface area contributed by atoms with E-state index in [-0.39, 0.29) is 11.7 Å². The van der Waals surface area contributed by atoms with Crippen LogP contribution in [0.1, 0.15) is 5.56 Å². The van der Waals surface area contributed by atoms with Gasteiger partial charge in [0.1, 0.15) is 5.82 Å². The van der Waals surface area contributed by atoms with E-state index in [1.807, 2.05) is 6.07 Å². The van der Waals surface area contributed by atoms with Gasteiger partial charge in [-0.05, 0) is 36.0 Å². The summed E-state index contributed by atoms with van der Waals surface area (Å²) in [7, 11) is 0. The molecule has 0 aromatic heterocycles. The Morgan fingerprint density at radius 2 is 1.86 bits per heavy atom. The molecule has 1 heterocycles. The van der Waals surface area contributed by atoms with Gasteiger partial charge in [0, 0.05) is 5.56 Å². The Balaban J connectivity index is 1.88. The summed E-state index contributed by atoms with van der Waals surface area (Å²) >= 11 is 7.18. The standard InChI is InChI=1S/C16H10ClFN2OS/c17-11-6-2-4-8-13(11)19-16-20-15(21)14(22-16)9-10-5-1-3-7-12(10)18/h1-9H,(H,19,20,21)/b14-9-. The van der Waals surface area contributed by atoms with E-state index >= 15 is 0 Å². The minimum atomic E-state index is -0.375. The zero-order valence-corrected chi connectivity index (χ0v) is 12.8. The SMILES string of the molecule is O=C1NC(=Nc2ccccc2Cl)S/C1=C\c1ccccc1F. The lowest BCUT2D eigenvalue weighted by molar-refractivity contribution is -0.115. The fourth-order valence-corrected chi connectivity index (χ4v) is 2.87. The normalized spacial score (nSPS) is 18.0. The molecule has 0 radical (unpaired) electrons. The Bertz CT molecular complexity index is 804. The number of para-hydroxylation sites is 1. The number of hydrogen-bond donors (Lipinski definition) is 1. The maximum Gasteiger partial charge on any atom is 0.264 e. The van der Waals surface area contributed by atoms with E-state index < -0.39 is 0 Å². The van der Waals surface area contributed by atoms with Crippen LogP contribution in [-0.4, -0.2) is 11.1 Å². The van der Waals surface area contributed by atoms with Gasteiger partial charge < -0.3 is 5.32 Å². The van der Waals surface area contributed by atoms with Crippen molar-refractivity contribution < 1.29 is 9.18 Å². The number of aliphatic imine (C=N–C) groups is 1. The summed E-state index contributed by atoms with van der Waals surface area (Å²) in [5.74, 6) is -0.682. The first-order valence-electron chi connectivity index (χ1n) is 6.42. The van der Waals surface area contributed by atoms with E-state index in [0.29, 0.717) is 26.3 Å². The lowest BCUT2D eigenvalue weighted by Crippen LogP contribution is -2.19. The summed E-state index contributed by atoms with van der Waals surface area (Å²) in [5.41, 5.74) is 0.929. The van der Waals surface area contributed by atoms with Gasteiger partial charge in [-0.25, -0.2) is 9.38 Å². The maximum atomic E-state index is 13.6. The molecular weight excluding hydrogens is 323 g/mol. The van der Waals surface area contributed by atoms with Gasteiger partial charge >= 0.3 is 0 Å². The molecule has 3 nitrogen and oxygen atoms in total. The van der Waals surface area contributed by atoms with E-state index in [1.165, 1.54) is 12.1 Å². The molecule has 1 aliphatic rings. The lowest BCUT2D eigenvalue weighted by Gasteiger charge is -1.98. The van der Waals surface area contributed by atoms with Crippen LogP contribution in [0.4, 0.5) is 10.1 Å². The highest BCUT2D eigenvalue weighted by Crippen LogP contribution is 2.30. The Kier molecular flexibility index (Phi) is 4.27. The van der Waals surface area contributed by atoms with Gasteiger partial charge in [0.2, 0.25) is 0 Å². The summed E-state index contributed by atoms with van der Waals surface area (Å²) in [6.45, 7) is 0. The van der Waals surface area contributed by atoms with Crippen molar-refractivity contribution in [1.29, 1.82) is 0 Å². The van der Waals surface area contributed by atoms with Crippen LogP contribution in [0.2, 0.25) is 5.02 Å². The number of nitrogens with zero attached hydrogens (tertiary/aromatic N) is 1. The second-order valence-electron chi connectivity index (χ2n) is 4.45. The van der Waals surface area contributed by atoms with E-state index in [2.05, 4.69) is 10.3 Å². The summed E-state index contributed by atoms with van der Waals surface area (Å²) in [5, 5.41) is 3.56. The molecule has 0 bridgehead atoms. The molecule has 0 spiro atoms. The summed E-state index contributed by atoms with van der Waals surface area (Å²) < 4.78 is 13.6. The quantitative estimate of drug-likeness (QED) is 0.830. The number of carbonyl (C=O) groups is 1. The van der Waals surface area contributed by atoms with Gasteiger partial charge in [0.05, 0.1) is 15.6 Å². The molecule has 2 aromatic rings. The van der Waals surface area contributed by atoms with E-state index in [1.54, 1.807) is 36.4 Å². The molecular formula is C16H10ClFN2OS. The van der Waals surface area contributed by atoms with E-state index in [0.717, 1.165) is 11.8 Å². The number of amides is 1. The predicted molar refractivity (Wildman–Crippen MR) is 88.7 cm³/mol. The van der Waals surface area contributed by atoms with Gasteiger partial charge in [0.25, 0.3) is 5.91 Å². The minimum Gasteiger partial charge on any atom is -0.300 e. The molecule has 1 amide bonds. The van der Waals surface area contributed by atoms with E-state index in [9.17, 15) is 9.18 Å². The van der Waals surface area contributed by atoms with E-state index in [4.69, 9.17) is 11.6 Å². The third kappa shape index (κ3) is 3.21. The van der Waals surface area contributed by atoms with Crippen LogP contribution < -0.4 is 5.32 Å². The first-order valence-corrected chi connectivity index (χ1v) is 7.61. The van der Waals surface area contributed by atoms with Crippen LogP contribution in [0.15, 0.2) is 58.4 Å². The van der Waals surface area contributed by atoms with Crippen molar-refractivity contribution in [3.63, 3.8) is 0 Å². The molecule has 22 heavy (non-hydrogen) atoms. The van der Waals surface area contributed by atoms with Crippen molar-refractivity contribution in [2.75, 3.05) is 0 Å². The van der Waals surface area contributed by atoms with Crippen LogP contribution in [0.5, 0.6) is 0 Å². The number of thioether (sulfide) groups is 1. The van der Waals surface area contributed by atoms with Gasteiger partial charge in [-0.2, -0.15) is 0 Å². The number of halogens is 2. The average molecular weight is 333 g/mol. The van der Waals surface area contributed by atoms with Crippen LogP contribution >= 0.6 is 23.4 Å². The molecule has 1 saturated heterocycles. The molecule has 0 atom stereocenters. The Morgan fingerprint density at radius 3 is 2.64 bits per heavy atom. The fraction of sp³-hybridized carbons (Fsp3) is 0. The van der Waals surface area contributed by atoms with Crippen molar-refractivity contribution in [2.24, 2.45) is 4.99 Å². The van der Waals surface area contributed by atoms with Crippen molar-refractivity contribution in [3.8, 4) is 0 Å². The van der Waals surface area contributed by atoms with Crippen molar-refractivity contribution in [2.45, 2.75) is 0 Å². The van der Waals surface area contributed by atoms with Crippen LogP contribution in [0.3, 0.4) is 0 Å². The maximum absolute atomic E-state index is 13.6. The van der Waals surface area contributed by atoms with Crippen molar-refractivity contribution in [3.05, 3.63) is 69.8 Å². The molecule has 0 unspecified atom stereocenters. The largest absolute Gasteiger partial charge is 0.300 e. The second kappa shape index (κ2) is 6.34. The number of benzene rings is 2. The smallest absolute Gasteiger partial charge is 0.264 e. The van der Waals surface area contributed by atoms with Crippen molar-refractivity contribution >= 4 is 46.2 Å². The highest BCUT2D eigenvalue weighted by molar-refractivity contribution is 8.18. The Morgan fingerprint density at radius 1 is 1.14 bits per heavy atom. The summed E-state index contributed by atoms with van der Waals surface area (Å²) in [4.78, 5) is 16.6. The average Bonchev–Trinajstić information content (AvgIpc) is 2.84. The first-order chi connectivity index (χ1) is 10.6. The highest BCUT2D eigenvalue weighted by Gasteiger charge is 2.24. The molecule has 2 aromatic carbocycles. The Hall–Kier alpha value is -2.11. The number of carbonyl (C=O) groups excluding carboxylic acids is 1. The summed E-state index contributed by atoms with van der Waals surface area (Å²) in [6.07, 6.45) is 1.50. The molecule has 1 aliphatic heterocycles. The molecule has 6 heteroatoms. The molecule has 3 rings (SSSR count). The zero-order chi connectivity index (χ0) is 15.5. The topological polar surface area (TPSA) is 41.5 Å². The number of amidine groups is 1. The van der Waals surface area contributed by atoms with Gasteiger partial charge in [0.15, 0.2) is 5.17 Å². The fourth-order valence-electron chi connectivity index (χ4n) is 1.87. The number of rotatable bonds is 2. The van der Waals surface area contributed by atoms with Crippen LogP contribution in [0, 0.1) is 5.82 Å². The molecule has 1 N–H and O–H groups in total. The Labute approximate surface area is 135 Å². The number of nitrogens with one attached hydrogen (secondary N) is 1. The zero-order valence-electron chi connectivity index (χ0n) is 11.2. The number of hydrogen-bond acceptors (Lipinski definition) is 3. The molecule has 0 saturated carbocycles. The molecule has 0 aliphatic carbocycles. The van der Waals surface area contributed by atoms with Crippen LogP contribution in [0.25, 0.3) is 6.08 Å². The van der Waals surface area contributed by atoms with Crippen LogP contribution in [-0.2, 0) is 4.79 Å². The van der Waals surface area contributed by atoms with Gasteiger partial charge in [-0.3, -0.25) is 4.79 Å². The van der Waals surface area contributed by atoms with Gasteiger partial charge in [-0.15, -0.1) is 0 Å². The minimum absolute atomic E-state index is 0.306. The van der Waals surface area contributed by atoms with Crippen molar-refractivity contribution in [1.82, 2.24) is 5.32 Å². The first kappa shape index (κ1) is 14.8.